The molecule has 1 saturated heterocycles. The van der Waals surface area contributed by atoms with Crippen molar-refractivity contribution in [3.63, 3.8) is 0 Å². The molecule has 0 aromatic carbocycles. The van der Waals surface area contributed by atoms with Crippen LogP contribution in [0.3, 0.4) is 0 Å². The molecule has 7 heteroatoms. The van der Waals surface area contributed by atoms with E-state index in [0.717, 1.165) is 36.8 Å². The highest BCUT2D eigenvalue weighted by Crippen LogP contribution is 2.21. The highest BCUT2D eigenvalue weighted by Gasteiger charge is 2.24. The number of aryl methyl sites for hydroxylation is 2. The number of carbonyl (C=O) groups excluding carboxylic acids is 1. The average molecular weight is 375 g/mol. The molecule has 0 saturated carbocycles. The van der Waals surface area contributed by atoms with Gasteiger partial charge in [-0.25, -0.2) is 4.79 Å². The van der Waals surface area contributed by atoms with E-state index in [2.05, 4.69) is 23.9 Å². The lowest BCUT2D eigenvalue weighted by Crippen LogP contribution is -2.45. The first-order valence-electron chi connectivity index (χ1n) is 9.49. The molecular formula is C20H29N3O4. The summed E-state index contributed by atoms with van der Waals surface area (Å²) in [4.78, 5) is 15.0. The lowest BCUT2D eigenvalue weighted by Gasteiger charge is -2.33. The van der Waals surface area contributed by atoms with Crippen molar-refractivity contribution >= 4 is 5.97 Å². The van der Waals surface area contributed by atoms with E-state index in [1.807, 2.05) is 37.5 Å². The van der Waals surface area contributed by atoms with Gasteiger partial charge in [0.15, 0.2) is 5.82 Å². The Bertz CT molecular complexity index is 793. The number of rotatable bonds is 6. The zero-order valence-electron chi connectivity index (χ0n) is 16.8. The average Bonchev–Trinajstić information content (AvgIpc) is 3.15. The first-order valence-corrected chi connectivity index (χ1v) is 9.49. The summed E-state index contributed by atoms with van der Waals surface area (Å²) < 4.78 is 18.4. The summed E-state index contributed by atoms with van der Waals surface area (Å²) in [7, 11) is 0. The molecule has 3 heterocycles. The van der Waals surface area contributed by atoms with E-state index >= 15 is 0 Å². The summed E-state index contributed by atoms with van der Waals surface area (Å²) in [5.41, 5.74) is 2.24. The van der Waals surface area contributed by atoms with Crippen LogP contribution in [0, 0.1) is 26.7 Å². The van der Waals surface area contributed by atoms with Gasteiger partial charge in [0.2, 0.25) is 0 Å². The Hall–Kier alpha value is -2.12. The summed E-state index contributed by atoms with van der Waals surface area (Å²) in [6.07, 6.45) is -0.0804. The Morgan fingerprint density at radius 2 is 2.11 bits per heavy atom. The van der Waals surface area contributed by atoms with Gasteiger partial charge in [-0.2, -0.15) is 0 Å². The monoisotopic (exact) mass is 375 g/mol. The smallest absolute Gasteiger partial charge is 0.340 e. The maximum atomic E-state index is 12.6. The van der Waals surface area contributed by atoms with Gasteiger partial charge in [-0.1, -0.05) is 19.0 Å². The van der Waals surface area contributed by atoms with Crippen molar-refractivity contribution in [2.75, 3.05) is 32.8 Å². The molecule has 1 aliphatic heterocycles. The quantitative estimate of drug-likeness (QED) is 0.723. The fourth-order valence-electron chi connectivity index (χ4n) is 3.59. The van der Waals surface area contributed by atoms with Gasteiger partial charge in [0.05, 0.1) is 12.2 Å². The van der Waals surface area contributed by atoms with Gasteiger partial charge in [-0.05, 0) is 32.8 Å². The standard InChI is InChI=1S/C20H29N3O4/c1-13(2)10-22-6-7-25-17(11-22)12-26-20(24)18-8-14(3)23(16(18)5)19-9-15(4)27-21-19/h8-9,13,17H,6-7,10-12H2,1-5H3. The van der Waals surface area contributed by atoms with Crippen LogP contribution < -0.4 is 0 Å². The molecule has 0 amide bonds. The number of nitrogens with zero attached hydrogens (tertiary/aromatic N) is 3. The number of hydrogen-bond donors (Lipinski definition) is 0. The second kappa shape index (κ2) is 8.27. The predicted octanol–water partition coefficient (Wildman–Crippen LogP) is 2.90. The summed E-state index contributed by atoms with van der Waals surface area (Å²) in [6, 6.07) is 3.67. The van der Waals surface area contributed by atoms with Crippen molar-refractivity contribution < 1.29 is 18.8 Å². The van der Waals surface area contributed by atoms with E-state index in [1.54, 1.807) is 0 Å². The Morgan fingerprint density at radius 3 is 2.78 bits per heavy atom. The second-order valence-electron chi connectivity index (χ2n) is 7.66. The lowest BCUT2D eigenvalue weighted by atomic mass is 10.2. The van der Waals surface area contributed by atoms with Gasteiger partial charge in [-0.3, -0.25) is 9.47 Å². The topological polar surface area (TPSA) is 69.7 Å². The molecule has 7 nitrogen and oxygen atoms in total. The molecule has 0 spiro atoms. The van der Waals surface area contributed by atoms with Crippen LogP contribution in [0.25, 0.3) is 5.82 Å². The van der Waals surface area contributed by atoms with Crippen molar-refractivity contribution in [1.29, 1.82) is 0 Å². The van der Waals surface area contributed by atoms with E-state index in [-0.39, 0.29) is 18.7 Å². The molecule has 1 aliphatic rings. The maximum Gasteiger partial charge on any atom is 0.340 e. The van der Waals surface area contributed by atoms with Crippen molar-refractivity contribution in [2.24, 2.45) is 5.92 Å². The minimum Gasteiger partial charge on any atom is -0.459 e. The van der Waals surface area contributed by atoms with Crippen LogP contribution in [0.1, 0.15) is 41.4 Å². The number of hydrogen-bond acceptors (Lipinski definition) is 6. The number of carbonyl (C=O) groups is 1. The third-order valence-corrected chi connectivity index (χ3v) is 4.74. The van der Waals surface area contributed by atoms with Crippen LogP contribution in [-0.2, 0) is 9.47 Å². The zero-order valence-corrected chi connectivity index (χ0v) is 16.8. The molecule has 2 aromatic rings. The number of aromatic nitrogens is 2. The molecule has 0 radical (unpaired) electrons. The van der Waals surface area contributed by atoms with Gasteiger partial charge < -0.3 is 14.0 Å². The predicted molar refractivity (Wildman–Crippen MR) is 101 cm³/mol. The Balaban J connectivity index is 1.63. The van der Waals surface area contributed by atoms with Gasteiger partial charge in [0.25, 0.3) is 0 Å². The fourth-order valence-corrected chi connectivity index (χ4v) is 3.59. The normalized spacial score (nSPS) is 18.2. The van der Waals surface area contributed by atoms with Gasteiger partial charge in [0.1, 0.15) is 18.5 Å². The summed E-state index contributed by atoms with van der Waals surface area (Å²) in [5, 5.41) is 4.04. The first kappa shape index (κ1) is 19.6. The third kappa shape index (κ3) is 4.59. The van der Waals surface area contributed by atoms with Gasteiger partial charge in [-0.15, -0.1) is 0 Å². The van der Waals surface area contributed by atoms with Crippen molar-refractivity contribution in [2.45, 2.75) is 40.7 Å². The number of ether oxygens (including phenoxy) is 2. The minimum atomic E-state index is -0.334. The van der Waals surface area contributed by atoms with Crippen LogP contribution in [0.2, 0.25) is 0 Å². The molecular weight excluding hydrogens is 346 g/mol. The number of morpholine rings is 1. The van der Waals surface area contributed by atoms with E-state index in [0.29, 0.717) is 23.9 Å². The van der Waals surface area contributed by atoms with Gasteiger partial charge >= 0.3 is 5.97 Å². The molecule has 1 unspecified atom stereocenters. The highest BCUT2D eigenvalue weighted by molar-refractivity contribution is 5.91. The van der Waals surface area contributed by atoms with Crippen molar-refractivity contribution in [3.8, 4) is 5.82 Å². The molecule has 148 valence electrons. The SMILES string of the molecule is Cc1cc(-n2c(C)cc(C(=O)OCC3CN(CC(C)C)CCO3)c2C)no1. The van der Waals surface area contributed by atoms with Crippen molar-refractivity contribution in [1.82, 2.24) is 14.6 Å². The zero-order chi connectivity index (χ0) is 19.6. The number of esters is 1. The van der Waals surface area contributed by atoms with Crippen LogP contribution in [-0.4, -0.2) is 59.5 Å². The molecule has 3 rings (SSSR count). The maximum absolute atomic E-state index is 12.6. The Morgan fingerprint density at radius 1 is 1.33 bits per heavy atom. The third-order valence-electron chi connectivity index (χ3n) is 4.74. The van der Waals surface area contributed by atoms with E-state index in [1.165, 1.54) is 0 Å². The van der Waals surface area contributed by atoms with E-state index in [4.69, 9.17) is 14.0 Å². The molecule has 0 N–H and O–H groups in total. The van der Waals surface area contributed by atoms with Gasteiger partial charge in [0, 0.05) is 37.1 Å². The van der Waals surface area contributed by atoms with Crippen LogP contribution in [0.15, 0.2) is 16.7 Å². The van der Waals surface area contributed by atoms with E-state index < -0.39 is 0 Å². The van der Waals surface area contributed by atoms with Crippen LogP contribution >= 0.6 is 0 Å². The molecule has 27 heavy (non-hydrogen) atoms. The Labute approximate surface area is 160 Å². The lowest BCUT2D eigenvalue weighted by molar-refractivity contribution is -0.0612. The largest absolute Gasteiger partial charge is 0.459 e. The Kier molecular flexibility index (Phi) is 6.01. The second-order valence-corrected chi connectivity index (χ2v) is 7.66. The highest BCUT2D eigenvalue weighted by atomic mass is 16.6. The fraction of sp³-hybridized carbons (Fsp3) is 0.600. The molecule has 1 atom stereocenters. The first-order chi connectivity index (χ1) is 12.8. The van der Waals surface area contributed by atoms with Crippen LogP contribution in [0.4, 0.5) is 0 Å². The minimum absolute atomic E-state index is 0.0804. The van der Waals surface area contributed by atoms with Crippen molar-refractivity contribution in [3.05, 3.63) is 34.8 Å². The summed E-state index contributed by atoms with van der Waals surface area (Å²) in [6.45, 7) is 13.8. The molecule has 2 aromatic heterocycles. The molecule has 0 bridgehead atoms. The van der Waals surface area contributed by atoms with E-state index in [9.17, 15) is 4.79 Å². The summed E-state index contributed by atoms with van der Waals surface area (Å²) in [5.74, 6) is 1.67. The summed E-state index contributed by atoms with van der Waals surface area (Å²) >= 11 is 0. The van der Waals surface area contributed by atoms with Crippen LogP contribution in [0.5, 0.6) is 0 Å². The molecule has 1 fully saturated rings. The molecule has 0 aliphatic carbocycles.